The summed E-state index contributed by atoms with van der Waals surface area (Å²) in [5.74, 6) is 2.13. The van der Waals surface area contributed by atoms with E-state index in [1.54, 1.807) is 0 Å². The predicted octanol–water partition coefficient (Wildman–Crippen LogP) is 2.93. The average molecular weight is 306 g/mol. The Bertz CT molecular complexity index is 489. The first-order valence-electron chi connectivity index (χ1n) is 9.25. The lowest BCUT2D eigenvalue weighted by atomic mass is 9.44. The number of ketones is 1. The molecule has 3 nitrogen and oxygen atoms in total. The van der Waals surface area contributed by atoms with Gasteiger partial charge in [-0.05, 0) is 74.0 Å². The van der Waals surface area contributed by atoms with Crippen LogP contribution in [-0.4, -0.2) is 28.2 Å². The first kappa shape index (κ1) is 15.1. The molecular formula is C19H30O3. The molecule has 0 amide bonds. The molecule has 0 aromatic rings. The third-order valence-corrected chi connectivity index (χ3v) is 8.36. The molecule has 4 saturated carbocycles. The molecule has 0 aromatic heterocycles. The van der Waals surface area contributed by atoms with Crippen molar-refractivity contribution in [2.24, 2.45) is 34.5 Å². The third kappa shape index (κ3) is 1.84. The van der Waals surface area contributed by atoms with Crippen LogP contribution in [0.25, 0.3) is 0 Å². The Kier molecular flexibility index (Phi) is 3.30. The van der Waals surface area contributed by atoms with E-state index in [4.69, 9.17) is 0 Å². The Hall–Kier alpha value is -0.410. The summed E-state index contributed by atoms with van der Waals surface area (Å²) in [6.07, 6.45) is 7.03. The summed E-state index contributed by atoms with van der Waals surface area (Å²) in [5, 5.41) is 20.9. The Morgan fingerprint density at radius 2 is 1.77 bits per heavy atom. The van der Waals surface area contributed by atoms with Gasteiger partial charge in [0.15, 0.2) is 0 Å². The first-order chi connectivity index (χ1) is 10.4. The van der Waals surface area contributed by atoms with Gasteiger partial charge >= 0.3 is 0 Å². The Morgan fingerprint density at radius 3 is 2.55 bits per heavy atom. The Balaban J connectivity index is 1.69. The molecular weight excluding hydrogens is 276 g/mol. The highest BCUT2D eigenvalue weighted by atomic mass is 16.3. The van der Waals surface area contributed by atoms with E-state index in [0.717, 1.165) is 51.4 Å². The van der Waals surface area contributed by atoms with E-state index in [9.17, 15) is 15.0 Å². The van der Waals surface area contributed by atoms with E-state index in [1.165, 1.54) is 0 Å². The summed E-state index contributed by atoms with van der Waals surface area (Å²) < 4.78 is 0. The number of hydrogen-bond donors (Lipinski definition) is 2. The van der Waals surface area contributed by atoms with Crippen LogP contribution in [0.1, 0.15) is 65.2 Å². The minimum atomic E-state index is -0.274. The van der Waals surface area contributed by atoms with Crippen LogP contribution in [0, 0.1) is 34.5 Å². The molecule has 4 fully saturated rings. The molecule has 0 spiro atoms. The normalized spacial score (nSPS) is 57.9. The molecule has 0 aromatic carbocycles. The van der Waals surface area contributed by atoms with Crippen molar-refractivity contribution in [1.29, 1.82) is 0 Å². The fourth-order valence-corrected chi connectivity index (χ4v) is 6.97. The first-order valence-corrected chi connectivity index (χ1v) is 9.25. The van der Waals surface area contributed by atoms with E-state index < -0.39 is 0 Å². The molecule has 3 unspecified atom stereocenters. The maximum absolute atomic E-state index is 12.4. The number of hydrogen-bond acceptors (Lipinski definition) is 3. The third-order valence-electron chi connectivity index (χ3n) is 8.36. The van der Waals surface area contributed by atoms with Crippen molar-refractivity contribution in [3.05, 3.63) is 0 Å². The molecule has 124 valence electrons. The van der Waals surface area contributed by atoms with Crippen LogP contribution >= 0.6 is 0 Å². The summed E-state index contributed by atoms with van der Waals surface area (Å²) in [4.78, 5) is 12.4. The predicted molar refractivity (Wildman–Crippen MR) is 84.1 cm³/mol. The molecule has 4 aliphatic carbocycles. The molecule has 0 heterocycles. The van der Waals surface area contributed by atoms with E-state index in [0.29, 0.717) is 29.5 Å². The number of fused-ring (bicyclic) bond motifs is 5. The lowest BCUT2D eigenvalue weighted by Gasteiger charge is -2.61. The summed E-state index contributed by atoms with van der Waals surface area (Å²) in [6, 6.07) is 0. The highest BCUT2D eigenvalue weighted by molar-refractivity contribution is 5.87. The number of carbonyl (C=O) groups is 1. The lowest BCUT2D eigenvalue weighted by Crippen LogP contribution is -2.58. The topological polar surface area (TPSA) is 57.5 Å². The minimum Gasteiger partial charge on any atom is -0.393 e. The van der Waals surface area contributed by atoms with Gasteiger partial charge in [-0.1, -0.05) is 13.8 Å². The summed E-state index contributed by atoms with van der Waals surface area (Å²) >= 11 is 0. The second kappa shape index (κ2) is 4.80. The number of carbonyl (C=O) groups excluding carboxylic acids is 1. The van der Waals surface area contributed by atoms with Crippen molar-refractivity contribution in [3.8, 4) is 0 Å². The van der Waals surface area contributed by atoms with E-state index in [1.807, 2.05) is 0 Å². The Labute approximate surface area is 133 Å². The number of Topliss-reactive ketones (excluding diaryl/α,β-unsaturated/α-hetero) is 1. The molecule has 8 atom stereocenters. The van der Waals surface area contributed by atoms with E-state index in [-0.39, 0.29) is 23.0 Å². The van der Waals surface area contributed by atoms with Gasteiger partial charge in [0.1, 0.15) is 5.78 Å². The van der Waals surface area contributed by atoms with Crippen LogP contribution in [0.4, 0.5) is 0 Å². The summed E-state index contributed by atoms with van der Waals surface area (Å²) in [6.45, 7) is 4.57. The average Bonchev–Trinajstić information content (AvgIpc) is 2.77. The maximum atomic E-state index is 12.4. The van der Waals surface area contributed by atoms with Crippen LogP contribution in [0.3, 0.4) is 0 Å². The van der Waals surface area contributed by atoms with Gasteiger partial charge in [-0.3, -0.25) is 4.79 Å². The minimum absolute atomic E-state index is 0.167. The highest BCUT2D eigenvalue weighted by Gasteiger charge is 2.62. The van der Waals surface area contributed by atoms with Crippen molar-refractivity contribution in [1.82, 2.24) is 0 Å². The molecule has 2 N–H and O–H groups in total. The zero-order chi connectivity index (χ0) is 15.7. The highest BCUT2D eigenvalue weighted by Crippen LogP contribution is 2.65. The standard InChI is InChI=1S/C19H30O3/c1-18-7-5-12(20)9-11(18)10-15(21)17-13-3-4-16(22)19(13,2)8-6-14(17)18/h11-15,17,20-21H,3-10H2,1-2H3/t11?,12?,13-,14-,15?,17-,18-,19-/m0/s1. The zero-order valence-corrected chi connectivity index (χ0v) is 13.9. The van der Waals surface area contributed by atoms with Gasteiger partial charge in [-0.25, -0.2) is 0 Å². The van der Waals surface area contributed by atoms with Crippen LogP contribution in [0.15, 0.2) is 0 Å². The van der Waals surface area contributed by atoms with Gasteiger partial charge in [0.2, 0.25) is 0 Å². The van der Waals surface area contributed by atoms with Gasteiger partial charge in [-0.2, -0.15) is 0 Å². The summed E-state index contributed by atoms with van der Waals surface area (Å²) in [5.41, 5.74) is 0.0929. The molecule has 3 heteroatoms. The fraction of sp³-hybridized carbons (Fsp3) is 0.947. The lowest BCUT2D eigenvalue weighted by molar-refractivity contribution is -0.171. The van der Waals surface area contributed by atoms with Crippen molar-refractivity contribution < 1.29 is 15.0 Å². The van der Waals surface area contributed by atoms with Crippen molar-refractivity contribution in [3.63, 3.8) is 0 Å². The fourth-order valence-electron chi connectivity index (χ4n) is 6.97. The van der Waals surface area contributed by atoms with Crippen molar-refractivity contribution >= 4 is 5.78 Å². The van der Waals surface area contributed by atoms with Gasteiger partial charge in [-0.15, -0.1) is 0 Å². The van der Waals surface area contributed by atoms with E-state index >= 15 is 0 Å². The molecule has 4 aliphatic rings. The molecule has 0 saturated heterocycles. The molecule has 0 radical (unpaired) electrons. The zero-order valence-electron chi connectivity index (χ0n) is 13.9. The second-order valence-electron chi connectivity index (χ2n) is 9.14. The van der Waals surface area contributed by atoms with Crippen LogP contribution in [0.5, 0.6) is 0 Å². The molecule has 0 aliphatic heterocycles. The SMILES string of the molecule is C[C@]12CCC(O)CC1CC(O)[C@@H]1[C@@H]2CC[C@]2(C)C(=O)CC[C@@H]12. The van der Waals surface area contributed by atoms with Crippen LogP contribution in [0.2, 0.25) is 0 Å². The van der Waals surface area contributed by atoms with Gasteiger partial charge in [0.25, 0.3) is 0 Å². The molecule has 0 bridgehead atoms. The number of aliphatic hydroxyl groups excluding tert-OH is 2. The largest absolute Gasteiger partial charge is 0.393 e. The Morgan fingerprint density at radius 1 is 1.00 bits per heavy atom. The molecule has 22 heavy (non-hydrogen) atoms. The van der Waals surface area contributed by atoms with Crippen LogP contribution < -0.4 is 0 Å². The van der Waals surface area contributed by atoms with E-state index in [2.05, 4.69) is 13.8 Å². The number of rotatable bonds is 0. The molecule has 4 rings (SSSR count). The number of aliphatic hydroxyl groups is 2. The van der Waals surface area contributed by atoms with Gasteiger partial charge in [0.05, 0.1) is 12.2 Å². The maximum Gasteiger partial charge on any atom is 0.139 e. The van der Waals surface area contributed by atoms with Crippen LogP contribution in [-0.2, 0) is 4.79 Å². The summed E-state index contributed by atoms with van der Waals surface area (Å²) in [7, 11) is 0. The monoisotopic (exact) mass is 306 g/mol. The van der Waals surface area contributed by atoms with Crippen molar-refractivity contribution in [2.75, 3.05) is 0 Å². The van der Waals surface area contributed by atoms with Gasteiger partial charge < -0.3 is 10.2 Å². The van der Waals surface area contributed by atoms with Gasteiger partial charge in [0, 0.05) is 11.8 Å². The quantitative estimate of drug-likeness (QED) is 0.723. The van der Waals surface area contributed by atoms with Crippen molar-refractivity contribution in [2.45, 2.75) is 77.4 Å². The second-order valence-corrected chi connectivity index (χ2v) is 9.14. The smallest absolute Gasteiger partial charge is 0.139 e.